The summed E-state index contributed by atoms with van der Waals surface area (Å²) < 4.78 is 29.0. The fourth-order valence-corrected chi connectivity index (χ4v) is 4.47. The first-order valence-corrected chi connectivity index (χ1v) is 9.34. The van der Waals surface area contributed by atoms with Crippen molar-refractivity contribution < 1.29 is 12.9 Å². The van der Waals surface area contributed by atoms with E-state index in [0.29, 0.717) is 30.7 Å². The minimum Gasteiger partial charge on any atom is -0.339 e. The summed E-state index contributed by atoms with van der Waals surface area (Å²) in [4.78, 5) is 6.68. The lowest BCUT2D eigenvalue weighted by molar-refractivity contribution is 0.178. The Kier molecular flexibility index (Phi) is 3.60. The molecule has 1 aliphatic heterocycles. The molecule has 0 radical (unpaired) electrons. The quantitative estimate of drug-likeness (QED) is 0.839. The zero-order valence-electron chi connectivity index (χ0n) is 12.9. The average Bonchev–Trinajstić information content (AvgIpc) is 3.09. The standard InChI is InChI=1S/C14H23N3O3S/c1-14(2,3)13-15-12(16-20-13)8-17-6-7-21(18,19)9-11(17)10-4-5-10/h10-11H,4-9H2,1-3H3/t11-/m1/s1. The zero-order chi connectivity index (χ0) is 15.3. The van der Waals surface area contributed by atoms with Crippen LogP contribution in [-0.4, -0.2) is 47.6 Å². The maximum Gasteiger partial charge on any atom is 0.232 e. The number of sulfone groups is 1. The molecule has 2 aliphatic rings. The molecule has 118 valence electrons. The molecule has 0 aromatic carbocycles. The van der Waals surface area contributed by atoms with Gasteiger partial charge in [-0.05, 0) is 18.8 Å². The third-order valence-corrected chi connectivity index (χ3v) is 5.86. The minimum atomic E-state index is -2.89. The van der Waals surface area contributed by atoms with Crippen molar-refractivity contribution in [1.29, 1.82) is 0 Å². The van der Waals surface area contributed by atoms with Gasteiger partial charge in [-0.25, -0.2) is 8.42 Å². The van der Waals surface area contributed by atoms with Crippen LogP contribution in [0.25, 0.3) is 0 Å². The molecule has 2 heterocycles. The van der Waals surface area contributed by atoms with Gasteiger partial charge in [-0.1, -0.05) is 25.9 Å². The summed E-state index contributed by atoms with van der Waals surface area (Å²) in [5.74, 6) is 2.33. The van der Waals surface area contributed by atoms with Crippen LogP contribution in [0.1, 0.15) is 45.3 Å². The smallest absolute Gasteiger partial charge is 0.232 e. The van der Waals surface area contributed by atoms with E-state index < -0.39 is 9.84 Å². The van der Waals surface area contributed by atoms with E-state index in [0.717, 1.165) is 12.8 Å². The third-order valence-electron chi connectivity index (χ3n) is 4.20. The Morgan fingerprint density at radius 2 is 2.05 bits per heavy atom. The van der Waals surface area contributed by atoms with Crippen LogP contribution in [0, 0.1) is 5.92 Å². The molecule has 21 heavy (non-hydrogen) atoms. The Morgan fingerprint density at radius 3 is 2.62 bits per heavy atom. The summed E-state index contributed by atoms with van der Waals surface area (Å²) in [7, 11) is -2.89. The highest BCUT2D eigenvalue weighted by Crippen LogP contribution is 2.37. The topological polar surface area (TPSA) is 76.3 Å². The molecule has 0 bridgehead atoms. The van der Waals surface area contributed by atoms with Gasteiger partial charge in [0.1, 0.15) is 0 Å². The molecule has 1 saturated heterocycles. The third kappa shape index (κ3) is 3.45. The predicted octanol–water partition coefficient (Wildman–Crippen LogP) is 1.38. The van der Waals surface area contributed by atoms with Crippen LogP contribution in [0.3, 0.4) is 0 Å². The van der Waals surface area contributed by atoms with Gasteiger partial charge in [-0.3, -0.25) is 4.90 Å². The van der Waals surface area contributed by atoms with Crippen molar-refractivity contribution >= 4 is 9.84 Å². The molecular formula is C14H23N3O3S. The molecule has 7 heteroatoms. The van der Waals surface area contributed by atoms with E-state index in [2.05, 4.69) is 15.0 Å². The molecule has 3 rings (SSSR count). The molecule has 1 aromatic heterocycles. The summed E-state index contributed by atoms with van der Waals surface area (Å²) in [6, 6.07) is 0.125. The first-order chi connectivity index (χ1) is 9.74. The monoisotopic (exact) mass is 313 g/mol. The van der Waals surface area contributed by atoms with Crippen LogP contribution in [0.5, 0.6) is 0 Å². The lowest BCUT2D eigenvalue weighted by atomic mass is 9.97. The van der Waals surface area contributed by atoms with E-state index in [9.17, 15) is 8.42 Å². The van der Waals surface area contributed by atoms with Gasteiger partial charge < -0.3 is 4.52 Å². The Hall–Kier alpha value is -0.950. The number of nitrogens with zero attached hydrogens (tertiary/aromatic N) is 3. The number of rotatable bonds is 3. The molecule has 6 nitrogen and oxygen atoms in total. The summed E-state index contributed by atoms with van der Waals surface area (Å²) >= 11 is 0. The molecule has 1 atom stereocenters. The van der Waals surface area contributed by atoms with Gasteiger partial charge in [-0.15, -0.1) is 0 Å². The molecule has 1 saturated carbocycles. The van der Waals surface area contributed by atoms with Crippen molar-refractivity contribution in [1.82, 2.24) is 15.0 Å². The fourth-order valence-electron chi connectivity index (χ4n) is 2.79. The Morgan fingerprint density at radius 1 is 1.33 bits per heavy atom. The Balaban J connectivity index is 1.73. The second-order valence-electron chi connectivity index (χ2n) is 7.26. The Bertz CT molecular complexity index is 614. The van der Waals surface area contributed by atoms with E-state index in [1.807, 2.05) is 20.8 Å². The van der Waals surface area contributed by atoms with E-state index in [1.54, 1.807) is 0 Å². The van der Waals surface area contributed by atoms with Crippen molar-refractivity contribution in [2.75, 3.05) is 18.1 Å². The van der Waals surface area contributed by atoms with E-state index in [-0.39, 0.29) is 23.0 Å². The average molecular weight is 313 g/mol. The van der Waals surface area contributed by atoms with Crippen LogP contribution >= 0.6 is 0 Å². The summed E-state index contributed by atoms with van der Waals surface area (Å²) in [5.41, 5.74) is -0.160. The van der Waals surface area contributed by atoms with Gasteiger partial charge in [0.15, 0.2) is 15.7 Å². The summed E-state index contributed by atoms with van der Waals surface area (Å²) in [6.07, 6.45) is 2.27. The molecule has 0 spiro atoms. The highest BCUT2D eigenvalue weighted by Gasteiger charge is 2.41. The highest BCUT2D eigenvalue weighted by molar-refractivity contribution is 7.91. The lowest BCUT2D eigenvalue weighted by Gasteiger charge is -2.34. The molecule has 1 aromatic rings. The largest absolute Gasteiger partial charge is 0.339 e. The number of hydrogen-bond acceptors (Lipinski definition) is 6. The summed E-state index contributed by atoms with van der Waals surface area (Å²) in [6.45, 7) is 7.25. The van der Waals surface area contributed by atoms with E-state index in [1.165, 1.54) is 0 Å². The van der Waals surface area contributed by atoms with Crippen LogP contribution in [0.15, 0.2) is 4.52 Å². The van der Waals surface area contributed by atoms with Gasteiger partial charge in [0, 0.05) is 18.0 Å². The van der Waals surface area contributed by atoms with Crippen molar-refractivity contribution in [3.8, 4) is 0 Å². The van der Waals surface area contributed by atoms with E-state index in [4.69, 9.17) is 4.52 Å². The molecule has 1 aliphatic carbocycles. The van der Waals surface area contributed by atoms with E-state index >= 15 is 0 Å². The van der Waals surface area contributed by atoms with Crippen LogP contribution < -0.4 is 0 Å². The maximum atomic E-state index is 11.9. The SMILES string of the molecule is CC(C)(C)c1nc(CN2CCS(=O)(=O)C[C@@H]2C2CC2)no1. The fraction of sp³-hybridized carbons (Fsp3) is 0.857. The Labute approximate surface area is 125 Å². The van der Waals surface area contributed by atoms with Crippen molar-refractivity contribution in [2.24, 2.45) is 5.92 Å². The zero-order valence-corrected chi connectivity index (χ0v) is 13.7. The normalized spacial score (nSPS) is 26.9. The van der Waals surface area contributed by atoms with Gasteiger partial charge in [0.2, 0.25) is 5.89 Å². The molecule has 0 amide bonds. The van der Waals surface area contributed by atoms with Crippen LogP contribution in [-0.2, 0) is 21.8 Å². The van der Waals surface area contributed by atoms with Gasteiger partial charge in [0.25, 0.3) is 0 Å². The number of aromatic nitrogens is 2. The predicted molar refractivity (Wildman–Crippen MR) is 78.6 cm³/mol. The molecule has 0 unspecified atom stereocenters. The van der Waals surface area contributed by atoms with Crippen LogP contribution in [0.2, 0.25) is 0 Å². The second-order valence-corrected chi connectivity index (χ2v) is 9.48. The van der Waals surface area contributed by atoms with Gasteiger partial charge in [0.05, 0.1) is 18.1 Å². The van der Waals surface area contributed by atoms with Crippen LogP contribution in [0.4, 0.5) is 0 Å². The first kappa shape index (κ1) is 15.0. The summed E-state index contributed by atoms with van der Waals surface area (Å²) in [5, 5.41) is 4.05. The highest BCUT2D eigenvalue weighted by atomic mass is 32.2. The van der Waals surface area contributed by atoms with Crippen molar-refractivity contribution in [3.63, 3.8) is 0 Å². The van der Waals surface area contributed by atoms with Crippen molar-refractivity contribution in [2.45, 2.75) is 51.6 Å². The lowest BCUT2D eigenvalue weighted by Crippen LogP contribution is -2.49. The molecule has 0 N–H and O–H groups in total. The maximum absolute atomic E-state index is 11.9. The second kappa shape index (κ2) is 5.05. The number of hydrogen-bond donors (Lipinski definition) is 0. The molecular weight excluding hydrogens is 290 g/mol. The van der Waals surface area contributed by atoms with Crippen molar-refractivity contribution in [3.05, 3.63) is 11.7 Å². The first-order valence-electron chi connectivity index (χ1n) is 7.52. The minimum absolute atomic E-state index is 0.125. The van der Waals surface area contributed by atoms with Gasteiger partial charge in [-0.2, -0.15) is 4.98 Å². The molecule has 2 fully saturated rings. The van der Waals surface area contributed by atoms with Gasteiger partial charge >= 0.3 is 0 Å².